The predicted octanol–water partition coefficient (Wildman–Crippen LogP) is 3.84. The molecule has 3 aromatic carbocycles. The maximum atomic E-state index is 13.0. The fraction of sp³-hybridized carbons (Fsp3) is 0.185. The molecular formula is C27H26N4O3. The largest absolute Gasteiger partial charge is 0.489 e. The van der Waals surface area contributed by atoms with Crippen LogP contribution in [0.4, 0.5) is 5.69 Å². The molecule has 5 rings (SSSR count). The van der Waals surface area contributed by atoms with Gasteiger partial charge in [0.2, 0.25) is 5.91 Å². The molecule has 2 aliphatic rings. The smallest absolute Gasteiger partial charge is 0.251 e. The molecule has 172 valence electrons. The second-order valence-corrected chi connectivity index (χ2v) is 8.36. The third kappa shape index (κ3) is 4.94. The van der Waals surface area contributed by atoms with E-state index in [0.29, 0.717) is 18.7 Å². The van der Waals surface area contributed by atoms with E-state index in [9.17, 15) is 9.59 Å². The first-order chi connectivity index (χ1) is 16.7. The zero-order valence-electron chi connectivity index (χ0n) is 18.6. The van der Waals surface area contributed by atoms with Crippen LogP contribution in [0, 0.1) is 0 Å². The highest BCUT2D eigenvalue weighted by Gasteiger charge is 2.40. The molecule has 3 aromatic rings. The van der Waals surface area contributed by atoms with Gasteiger partial charge in [0.25, 0.3) is 5.91 Å². The molecular weight excluding hydrogens is 428 g/mol. The molecule has 7 nitrogen and oxygen atoms in total. The third-order valence-electron chi connectivity index (χ3n) is 5.98. The lowest BCUT2D eigenvalue weighted by molar-refractivity contribution is -0.137. The number of carbonyl (C=O) groups excluding carboxylic acids is 2. The molecule has 0 spiro atoms. The highest BCUT2D eigenvalue weighted by Crippen LogP contribution is 2.30. The van der Waals surface area contributed by atoms with Gasteiger partial charge >= 0.3 is 0 Å². The van der Waals surface area contributed by atoms with E-state index in [2.05, 4.69) is 10.7 Å². The summed E-state index contributed by atoms with van der Waals surface area (Å²) >= 11 is 0. The molecule has 2 unspecified atom stereocenters. The lowest BCUT2D eigenvalue weighted by atomic mass is 10.0. The van der Waals surface area contributed by atoms with Crippen molar-refractivity contribution in [3.8, 4) is 5.75 Å². The van der Waals surface area contributed by atoms with Gasteiger partial charge in [0.1, 0.15) is 24.9 Å². The molecule has 2 N–H and O–H groups in total. The van der Waals surface area contributed by atoms with Gasteiger partial charge in [0.15, 0.2) is 0 Å². The van der Waals surface area contributed by atoms with E-state index in [1.54, 1.807) is 18.3 Å². The number of amides is 2. The number of hydrogen-bond donors (Lipinski definition) is 2. The van der Waals surface area contributed by atoms with E-state index in [4.69, 9.17) is 4.74 Å². The number of ether oxygens (including phenoxy) is 1. The number of anilines is 1. The molecule has 0 aliphatic carbocycles. The summed E-state index contributed by atoms with van der Waals surface area (Å²) in [5, 5.41) is 4.69. The Kier molecular flexibility index (Phi) is 6.27. The van der Waals surface area contributed by atoms with E-state index >= 15 is 0 Å². The number of hydrogen-bond acceptors (Lipinski definition) is 5. The van der Waals surface area contributed by atoms with Crippen LogP contribution in [0.1, 0.15) is 23.6 Å². The number of carbonyl (C=O) groups is 2. The number of hydrazine groups is 1. The molecule has 0 saturated carbocycles. The number of benzene rings is 3. The normalized spacial score (nSPS) is 19.1. The summed E-state index contributed by atoms with van der Waals surface area (Å²) in [5.74, 6) is 0.376. The van der Waals surface area contributed by atoms with Crippen molar-refractivity contribution in [2.75, 3.05) is 11.9 Å². The number of rotatable bonds is 7. The zero-order chi connectivity index (χ0) is 23.3. The van der Waals surface area contributed by atoms with Crippen LogP contribution in [0.15, 0.2) is 97.3 Å². The molecule has 2 atom stereocenters. The maximum absolute atomic E-state index is 13.0. The molecule has 1 fully saturated rings. The molecule has 1 saturated heterocycles. The van der Waals surface area contributed by atoms with Gasteiger partial charge in [0.05, 0.1) is 6.04 Å². The van der Waals surface area contributed by atoms with Gasteiger partial charge in [-0.25, -0.2) is 5.43 Å². The van der Waals surface area contributed by atoms with Gasteiger partial charge in [0, 0.05) is 18.1 Å². The summed E-state index contributed by atoms with van der Waals surface area (Å²) in [4.78, 5) is 27.1. The Morgan fingerprint density at radius 1 is 0.941 bits per heavy atom. The van der Waals surface area contributed by atoms with Crippen molar-refractivity contribution < 1.29 is 14.3 Å². The summed E-state index contributed by atoms with van der Waals surface area (Å²) in [6, 6.07) is 26.9. The topological polar surface area (TPSA) is 73.9 Å². The first kappa shape index (κ1) is 21.7. The third-order valence-corrected chi connectivity index (χ3v) is 5.98. The van der Waals surface area contributed by atoms with Crippen LogP contribution in [0.2, 0.25) is 0 Å². The van der Waals surface area contributed by atoms with Gasteiger partial charge in [-0.2, -0.15) is 0 Å². The lowest BCUT2D eigenvalue weighted by Crippen LogP contribution is -2.49. The summed E-state index contributed by atoms with van der Waals surface area (Å²) in [5.41, 5.74) is 6.24. The van der Waals surface area contributed by atoms with Crippen molar-refractivity contribution in [2.24, 2.45) is 0 Å². The van der Waals surface area contributed by atoms with Crippen LogP contribution in [-0.2, 0) is 16.2 Å². The second kappa shape index (κ2) is 9.80. The predicted molar refractivity (Wildman–Crippen MR) is 129 cm³/mol. The average molecular weight is 455 g/mol. The Morgan fingerprint density at radius 2 is 1.65 bits per heavy atom. The molecule has 7 heteroatoms. The number of fused-ring (bicyclic) bond motifs is 1. The minimum atomic E-state index is -0.330. The van der Waals surface area contributed by atoms with Crippen molar-refractivity contribution >= 4 is 17.5 Å². The monoisotopic (exact) mass is 454 g/mol. The standard InChI is InChI=1S/C27H26N4O3/c32-26(28-22-11-13-23(14-12-22)34-19-20-7-3-1-4-8-20)18-30-15-16-31-25(27(30)33)17-24(29-31)21-9-5-2-6-10-21/h1-16,24-25,29H,17-19H2,(H,28,32). The van der Waals surface area contributed by atoms with Gasteiger partial charge in [-0.05, 0) is 41.8 Å². The lowest BCUT2D eigenvalue weighted by Gasteiger charge is -2.31. The van der Waals surface area contributed by atoms with E-state index in [1.807, 2.05) is 84.0 Å². The van der Waals surface area contributed by atoms with Crippen molar-refractivity contribution in [3.63, 3.8) is 0 Å². The van der Waals surface area contributed by atoms with Crippen molar-refractivity contribution in [1.29, 1.82) is 0 Å². The Hall–Kier alpha value is -4.10. The minimum Gasteiger partial charge on any atom is -0.489 e. The van der Waals surface area contributed by atoms with Crippen LogP contribution in [0.25, 0.3) is 0 Å². The molecule has 2 aliphatic heterocycles. The minimum absolute atomic E-state index is 0.0397. The average Bonchev–Trinajstić information content (AvgIpc) is 3.32. The molecule has 0 aromatic heterocycles. The summed E-state index contributed by atoms with van der Waals surface area (Å²) in [6.07, 6.45) is 4.12. The quantitative estimate of drug-likeness (QED) is 0.568. The van der Waals surface area contributed by atoms with Crippen LogP contribution >= 0.6 is 0 Å². The van der Waals surface area contributed by atoms with Crippen LogP contribution < -0.4 is 15.5 Å². The van der Waals surface area contributed by atoms with E-state index in [-0.39, 0.29) is 30.4 Å². The summed E-state index contributed by atoms with van der Waals surface area (Å²) in [6.45, 7) is 0.441. The van der Waals surface area contributed by atoms with Gasteiger partial charge in [-0.3, -0.25) is 9.59 Å². The highest BCUT2D eigenvalue weighted by molar-refractivity contribution is 5.96. The van der Waals surface area contributed by atoms with Crippen LogP contribution in [-0.4, -0.2) is 34.3 Å². The Labute approximate surface area is 198 Å². The van der Waals surface area contributed by atoms with Gasteiger partial charge in [-0.1, -0.05) is 60.7 Å². The first-order valence-electron chi connectivity index (χ1n) is 11.3. The van der Waals surface area contributed by atoms with E-state index in [1.165, 1.54) is 4.90 Å². The Bertz CT molecular complexity index is 1170. The fourth-order valence-electron chi connectivity index (χ4n) is 4.20. The SMILES string of the molecule is O=C(CN1C=CN2NC(c3ccccc3)CC2C1=O)Nc1ccc(OCc2ccccc2)cc1. The van der Waals surface area contributed by atoms with Gasteiger partial charge in [-0.15, -0.1) is 0 Å². The molecule has 2 amide bonds. The zero-order valence-corrected chi connectivity index (χ0v) is 18.6. The first-order valence-corrected chi connectivity index (χ1v) is 11.3. The van der Waals surface area contributed by atoms with Crippen LogP contribution in [0.5, 0.6) is 5.75 Å². The van der Waals surface area contributed by atoms with Crippen molar-refractivity contribution in [1.82, 2.24) is 15.3 Å². The van der Waals surface area contributed by atoms with Crippen LogP contribution in [0.3, 0.4) is 0 Å². The van der Waals surface area contributed by atoms with Crippen molar-refractivity contribution in [2.45, 2.75) is 25.1 Å². The van der Waals surface area contributed by atoms with Gasteiger partial charge < -0.3 is 20.0 Å². The van der Waals surface area contributed by atoms with Crippen molar-refractivity contribution in [3.05, 3.63) is 108 Å². The molecule has 0 radical (unpaired) electrons. The number of nitrogens with one attached hydrogen (secondary N) is 2. The molecule has 2 heterocycles. The molecule has 0 bridgehead atoms. The maximum Gasteiger partial charge on any atom is 0.251 e. The highest BCUT2D eigenvalue weighted by atomic mass is 16.5. The Morgan fingerprint density at radius 3 is 2.38 bits per heavy atom. The van der Waals surface area contributed by atoms with E-state index < -0.39 is 0 Å². The summed E-state index contributed by atoms with van der Waals surface area (Å²) < 4.78 is 5.78. The fourth-order valence-corrected chi connectivity index (χ4v) is 4.20. The summed E-state index contributed by atoms with van der Waals surface area (Å²) in [7, 11) is 0. The molecule has 34 heavy (non-hydrogen) atoms. The second-order valence-electron chi connectivity index (χ2n) is 8.36. The van der Waals surface area contributed by atoms with E-state index in [0.717, 1.165) is 16.9 Å². The Balaban J connectivity index is 1.13. The number of nitrogens with zero attached hydrogens (tertiary/aromatic N) is 2.